The van der Waals surface area contributed by atoms with Gasteiger partial charge >= 0.3 is 17.7 Å². The molecule has 10 heteroatoms. The number of nitrogens with zero attached hydrogens (tertiary/aromatic N) is 2. The monoisotopic (exact) mass is 388 g/mol. The summed E-state index contributed by atoms with van der Waals surface area (Å²) in [7, 11) is 0. The van der Waals surface area contributed by atoms with Crippen LogP contribution in [0.2, 0.25) is 0 Å². The van der Waals surface area contributed by atoms with E-state index in [0.29, 0.717) is 18.2 Å². The van der Waals surface area contributed by atoms with Crippen LogP contribution in [0.4, 0.5) is 31.1 Å². The first kappa shape index (κ1) is 19.8. The van der Waals surface area contributed by atoms with Crippen molar-refractivity contribution in [2.24, 2.45) is 0 Å². The molecule has 1 unspecified atom stereocenters. The van der Waals surface area contributed by atoms with E-state index in [0.717, 1.165) is 0 Å². The summed E-state index contributed by atoms with van der Waals surface area (Å²) < 4.78 is 78.3. The van der Waals surface area contributed by atoms with Crippen LogP contribution in [0.5, 0.6) is 0 Å². The van der Waals surface area contributed by atoms with Crippen molar-refractivity contribution >= 4 is 17.0 Å². The summed E-state index contributed by atoms with van der Waals surface area (Å²) in [5, 5.41) is -0.664. The van der Waals surface area contributed by atoms with Gasteiger partial charge in [0.25, 0.3) is 0 Å². The molecule has 1 atom stereocenters. The first-order valence-corrected chi connectivity index (χ1v) is 7.76. The van der Waals surface area contributed by atoms with Crippen LogP contribution in [0, 0.1) is 0 Å². The van der Waals surface area contributed by atoms with E-state index in [9.17, 15) is 31.1 Å². The zero-order valence-electron chi connectivity index (χ0n) is 13.1. The first-order valence-electron chi connectivity index (χ1n) is 7.38. The number of carbonyl (C=O) groups is 1. The van der Waals surface area contributed by atoms with E-state index in [1.165, 1.54) is 11.8 Å². The van der Waals surface area contributed by atoms with Gasteiger partial charge in [-0.3, -0.25) is 9.69 Å². The Morgan fingerprint density at radius 1 is 1.04 bits per heavy atom. The molecule has 2 rings (SSSR count). The Kier molecular flexibility index (Phi) is 5.58. The normalized spacial score (nSPS) is 18.3. The molecule has 1 aromatic carbocycles. The number of hydrogen-bond acceptors (Lipinski definition) is 2. The number of piperazine rings is 1. The van der Waals surface area contributed by atoms with Crippen LogP contribution >= 0.6 is 11.6 Å². The topological polar surface area (TPSA) is 23.6 Å². The Morgan fingerprint density at radius 3 is 2.04 bits per heavy atom. The number of carbonyl (C=O) groups excluding carboxylic acids is 1. The number of hydrogen-bond donors (Lipinski definition) is 0. The molecule has 1 amide bonds. The van der Waals surface area contributed by atoms with E-state index < -0.39 is 40.5 Å². The lowest BCUT2D eigenvalue weighted by Gasteiger charge is -2.38. The minimum atomic E-state index is -4.76. The molecule has 0 spiro atoms. The number of alkyl halides is 6. The fraction of sp³-hybridized carbons (Fsp3) is 0.533. The Balaban J connectivity index is 2.34. The maximum atomic E-state index is 13.2. The van der Waals surface area contributed by atoms with Crippen LogP contribution in [-0.2, 0) is 12.4 Å². The Bertz CT molecular complexity index is 638. The van der Waals surface area contributed by atoms with Crippen molar-refractivity contribution in [1.29, 1.82) is 0 Å². The average Bonchev–Trinajstić information content (AvgIpc) is 2.52. The minimum Gasteiger partial charge on any atom is -0.327 e. The summed E-state index contributed by atoms with van der Waals surface area (Å²) in [4.78, 5) is 14.0. The van der Waals surface area contributed by atoms with Gasteiger partial charge in [0.2, 0.25) is 0 Å². The van der Waals surface area contributed by atoms with Crippen molar-refractivity contribution < 1.29 is 31.1 Å². The molecule has 0 aromatic heterocycles. The van der Waals surface area contributed by atoms with Crippen LogP contribution in [0.1, 0.15) is 29.7 Å². The number of amides is 1. The summed E-state index contributed by atoms with van der Waals surface area (Å²) in [5.74, 6) is 0. The molecule has 0 saturated carbocycles. The van der Waals surface area contributed by atoms with E-state index in [1.807, 2.05) is 0 Å². The van der Waals surface area contributed by atoms with Gasteiger partial charge in [0.05, 0.1) is 11.1 Å². The average molecular weight is 389 g/mol. The Labute approximate surface area is 145 Å². The largest absolute Gasteiger partial charge is 0.416 e. The molecule has 0 N–H and O–H groups in total. The molecule has 1 aliphatic heterocycles. The first-order chi connectivity index (χ1) is 11.4. The zero-order chi connectivity index (χ0) is 19.0. The molecule has 140 valence electrons. The van der Waals surface area contributed by atoms with Gasteiger partial charge in [-0.25, -0.2) is 0 Å². The third-order valence-electron chi connectivity index (χ3n) is 4.24. The summed E-state index contributed by atoms with van der Waals surface area (Å²) in [6, 6.07) is 0.551. The summed E-state index contributed by atoms with van der Waals surface area (Å²) in [6.45, 7) is 2.25. The molecule has 0 aliphatic carbocycles. The SMILES string of the molecule is CC(c1cc(C(F)(F)F)ccc1C(F)(F)F)N1CCN(C(=O)Cl)CC1. The molecule has 1 aliphatic rings. The second kappa shape index (κ2) is 7.03. The van der Waals surface area contributed by atoms with Gasteiger partial charge in [0.1, 0.15) is 0 Å². The highest BCUT2D eigenvalue weighted by molar-refractivity contribution is 6.62. The lowest BCUT2D eigenvalue weighted by molar-refractivity contribution is -0.142. The summed E-state index contributed by atoms with van der Waals surface area (Å²) in [6.07, 6.45) is -9.50. The van der Waals surface area contributed by atoms with Crippen molar-refractivity contribution in [3.8, 4) is 0 Å². The van der Waals surface area contributed by atoms with Gasteiger partial charge in [0.15, 0.2) is 0 Å². The smallest absolute Gasteiger partial charge is 0.327 e. The second-order valence-electron chi connectivity index (χ2n) is 5.75. The lowest BCUT2D eigenvalue weighted by Crippen LogP contribution is -2.48. The van der Waals surface area contributed by atoms with Crippen LogP contribution in [0.25, 0.3) is 0 Å². The molecule has 25 heavy (non-hydrogen) atoms. The third kappa shape index (κ3) is 4.58. The summed E-state index contributed by atoms with van der Waals surface area (Å²) in [5.41, 5.74) is -2.66. The maximum Gasteiger partial charge on any atom is 0.416 e. The molecule has 1 heterocycles. The molecule has 1 saturated heterocycles. The van der Waals surface area contributed by atoms with E-state index in [2.05, 4.69) is 0 Å². The zero-order valence-corrected chi connectivity index (χ0v) is 13.8. The number of rotatable bonds is 2. The van der Waals surface area contributed by atoms with Crippen molar-refractivity contribution in [2.75, 3.05) is 26.2 Å². The summed E-state index contributed by atoms with van der Waals surface area (Å²) >= 11 is 5.35. The highest BCUT2D eigenvalue weighted by Gasteiger charge is 2.39. The lowest BCUT2D eigenvalue weighted by atomic mass is 9.96. The van der Waals surface area contributed by atoms with E-state index in [-0.39, 0.29) is 26.2 Å². The minimum absolute atomic E-state index is 0.201. The van der Waals surface area contributed by atoms with E-state index >= 15 is 0 Å². The van der Waals surface area contributed by atoms with Gasteiger partial charge in [0, 0.05) is 32.2 Å². The van der Waals surface area contributed by atoms with Gasteiger partial charge in [-0.15, -0.1) is 0 Å². The fourth-order valence-electron chi connectivity index (χ4n) is 2.82. The predicted molar refractivity (Wildman–Crippen MR) is 79.3 cm³/mol. The predicted octanol–water partition coefficient (Wildman–Crippen LogP) is 4.76. The van der Waals surface area contributed by atoms with Crippen LogP contribution in [-0.4, -0.2) is 41.3 Å². The Hall–Kier alpha value is -1.48. The highest BCUT2D eigenvalue weighted by atomic mass is 35.5. The van der Waals surface area contributed by atoms with Crippen molar-refractivity contribution in [2.45, 2.75) is 25.3 Å². The van der Waals surface area contributed by atoms with E-state index in [4.69, 9.17) is 11.6 Å². The number of benzene rings is 1. The highest BCUT2D eigenvalue weighted by Crippen LogP contribution is 2.40. The van der Waals surface area contributed by atoms with Gasteiger partial charge < -0.3 is 4.90 Å². The molecule has 3 nitrogen and oxygen atoms in total. The standard InChI is InChI=1S/C15H15ClF6N2O/c1-9(23-4-6-24(7-5-23)13(16)25)11-8-10(14(17,18)19)2-3-12(11)15(20,21)22/h2-3,8-9H,4-7H2,1H3. The molecule has 1 fully saturated rings. The third-order valence-corrected chi connectivity index (χ3v) is 4.48. The Morgan fingerprint density at radius 2 is 1.60 bits per heavy atom. The van der Waals surface area contributed by atoms with Gasteiger partial charge in [-0.1, -0.05) is 0 Å². The molecular weight excluding hydrogens is 374 g/mol. The van der Waals surface area contributed by atoms with E-state index in [1.54, 1.807) is 4.90 Å². The van der Waals surface area contributed by atoms with Crippen molar-refractivity contribution in [3.63, 3.8) is 0 Å². The quantitative estimate of drug-likeness (QED) is 0.414. The molecule has 1 aromatic rings. The van der Waals surface area contributed by atoms with Crippen molar-refractivity contribution in [3.05, 3.63) is 34.9 Å². The number of halogens is 7. The van der Waals surface area contributed by atoms with Crippen molar-refractivity contribution in [1.82, 2.24) is 9.80 Å². The van der Waals surface area contributed by atoms with Crippen LogP contribution < -0.4 is 0 Å². The van der Waals surface area contributed by atoms with Crippen LogP contribution in [0.3, 0.4) is 0 Å². The second-order valence-corrected chi connectivity index (χ2v) is 6.07. The molecular formula is C15H15ClF6N2O. The maximum absolute atomic E-state index is 13.2. The van der Waals surface area contributed by atoms with Gasteiger partial charge in [-0.05, 0) is 42.3 Å². The fourth-order valence-corrected chi connectivity index (χ4v) is 2.99. The molecule has 0 bridgehead atoms. The van der Waals surface area contributed by atoms with Crippen LogP contribution in [0.15, 0.2) is 18.2 Å². The van der Waals surface area contributed by atoms with Gasteiger partial charge in [-0.2, -0.15) is 26.3 Å². The molecule has 0 radical (unpaired) electrons.